The quantitative estimate of drug-likeness (QED) is 0.732. The zero-order valence-corrected chi connectivity index (χ0v) is 15.6. The van der Waals surface area contributed by atoms with E-state index in [-0.39, 0.29) is 0 Å². The Bertz CT molecular complexity index is 621. The summed E-state index contributed by atoms with van der Waals surface area (Å²) in [6.07, 6.45) is 0. The molecule has 4 heteroatoms. The van der Waals surface area contributed by atoms with Crippen LogP contribution in [-0.2, 0) is 0 Å². The van der Waals surface area contributed by atoms with Crippen molar-refractivity contribution in [3.05, 3.63) is 65.7 Å². The molecule has 0 spiro atoms. The van der Waals surface area contributed by atoms with Crippen LogP contribution in [0.4, 0.5) is 5.69 Å². The summed E-state index contributed by atoms with van der Waals surface area (Å²) in [5.74, 6) is 0. The Morgan fingerprint density at radius 3 is 2.21 bits per heavy atom. The summed E-state index contributed by atoms with van der Waals surface area (Å²) in [6, 6.07) is 19.1. The zero-order chi connectivity index (χ0) is 17.4. The summed E-state index contributed by atoms with van der Waals surface area (Å²) in [5.41, 5.74) is 3.56. The Morgan fingerprint density at radius 1 is 1.00 bits per heavy atom. The molecule has 0 aromatic heterocycles. The highest BCUT2D eigenvalue weighted by Gasteiger charge is 2.17. The molecule has 0 fully saturated rings. The van der Waals surface area contributed by atoms with Crippen molar-refractivity contribution in [1.29, 1.82) is 0 Å². The van der Waals surface area contributed by atoms with Gasteiger partial charge in [0.05, 0.1) is 6.04 Å². The van der Waals surface area contributed by atoms with E-state index < -0.39 is 0 Å². The molecule has 0 radical (unpaired) electrons. The van der Waals surface area contributed by atoms with Gasteiger partial charge in [0.2, 0.25) is 0 Å². The number of hydrogen-bond acceptors (Lipinski definition) is 2. The molecule has 2 aromatic rings. The lowest BCUT2D eigenvalue weighted by Gasteiger charge is -2.30. The van der Waals surface area contributed by atoms with Crippen molar-refractivity contribution in [1.82, 2.24) is 10.2 Å². The SMILES string of the molecule is CCN(CC)[C@@H](CNC(=S)Nc1ccc(C)cc1)c1ccccc1. The first-order chi connectivity index (χ1) is 11.6. The maximum atomic E-state index is 5.46. The predicted molar refractivity (Wildman–Crippen MR) is 108 cm³/mol. The van der Waals surface area contributed by atoms with Gasteiger partial charge < -0.3 is 10.6 Å². The van der Waals surface area contributed by atoms with Crippen LogP contribution in [0.3, 0.4) is 0 Å². The fraction of sp³-hybridized carbons (Fsp3) is 0.350. The first-order valence-corrected chi connectivity index (χ1v) is 8.95. The number of nitrogens with one attached hydrogen (secondary N) is 2. The third-order valence-electron chi connectivity index (χ3n) is 4.20. The molecule has 0 aliphatic rings. The molecule has 2 N–H and O–H groups in total. The molecule has 1 atom stereocenters. The van der Waals surface area contributed by atoms with E-state index in [1.807, 2.05) is 12.1 Å². The van der Waals surface area contributed by atoms with Gasteiger partial charge in [0.1, 0.15) is 0 Å². The van der Waals surface area contributed by atoms with Crippen LogP contribution >= 0.6 is 12.2 Å². The molecule has 0 heterocycles. The van der Waals surface area contributed by atoms with E-state index in [9.17, 15) is 0 Å². The van der Waals surface area contributed by atoms with Gasteiger partial charge >= 0.3 is 0 Å². The third kappa shape index (κ3) is 5.32. The summed E-state index contributed by atoms with van der Waals surface area (Å²) in [6.45, 7) is 9.27. The van der Waals surface area contributed by atoms with Gasteiger partial charge in [-0.05, 0) is 49.9 Å². The van der Waals surface area contributed by atoms with Gasteiger partial charge in [-0.15, -0.1) is 0 Å². The highest BCUT2D eigenvalue weighted by molar-refractivity contribution is 7.80. The lowest BCUT2D eigenvalue weighted by atomic mass is 10.1. The number of benzene rings is 2. The van der Waals surface area contributed by atoms with Crippen LogP contribution < -0.4 is 10.6 Å². The monoisotopic (exact) mass is 341 g/mol. The summed E-state index contributed by atoms with van der Waals surface area (Å²) >= 11 is 5.46. The van der Waals surface area contributed by atoms with E-state index in [0.29, 0.717) is 11.2 Å². The molecule has 2 rings (SSSR count). The number of nitrogens with zero attached hydrogens (tertiary/aromatic N) is 1. The standard InChI is InChI=1S/C20H27N3S/c1-4-23(5-2)19(17-9-7-6-8-10-17)15-21-20(24)22-18-13-11-16(3)12-14-18/h6-14,19H,4-5,15H2,1-3H3,(H2,21,22,24)/t19-/m0/s1. The van der Waals surface area contributed by atoms with E-state index >= 15 is 0 Å². The molecule has 0 unspecified atom stereocenters. The minimum absolute atomic E-state index is 0.305. The lowest BCUT2D eigenvalue weighted by molar-refractivity contribution is 0.219. The summed E-state index contributed by atoms with van der Waals surface area (Å²) in [4.78, 5) is 2.44. The molecular formula is C20H27N3S. The first kappa shape index (κ1) is 18.4. The third-order valence-corrected chi connectivity index (χ3v) is 4.45. The maximum absolute atomic E-state index is 5.46. The molecule has 128 valence electrons. The van der Waals surface area contributed by atoms with Gasteiger partial charge in [-0.25, -0.2) is 0 Å². The van der Waals surface area contributed by atoms with Crippen LogP contribution in [0.15, 0.2) is 54.6 Å². The molecule has 24 heavy (non-hydrogen) atoms. The van der Waals surface area contributed by atoms with E-state index in [2.05, 4.69) is 78.8 Å². The van der Waals surface area contributed by atoms with Crippen molar-refractivity contribution >= 4 is 23.0 Å². The Morgan fingerprint density at radius 2 is 1.62 bits per heavy atom. The van der Waals surface area contributed by atoms with E-state index in [1.165, 1.54) is 11.1 Å². The Hall–Kier alpha value is -1.91. The average Bonchev–Trinajstić information content (AvgIpc) is 2.61. The van der Waals surface area contributed by atoms with Crippen LogP contribution in [0.5, 0.6) is 0 Å². The second-order valence-electron chi connectivity index (χ2n) is 5.85. The number of anilines is 1. The average molecular weight is 342 g/mol. The van der Waals surface area contributed by atoms with Crippen LogP contribution in [0.1, 0.15) is 31.0 Å². The minimum atomic E-state index is 0.305. The number of aryl methyl sites for hydroxylation is 1. The highest BCUT2D eigenvalue weighted by Crippen LogP contribution is 2.19. The van der Waals surface area contributed by atoms with Gasteiger partial charge in [0, 0.05) is 12.2 Å². The number of thiocarbonyl (C=S) groups is 1. The van der Waals surface area contributed by atoms with Crippen LogP contribution in [-0.4, -0.2) is 29.6 Å². The Balaban J connectivity index is 1.99. The Kier molecular flexibility index (Phi) is 7.22. The normalized spacial score (nSPS) is 12.0. The molecule has 0 amide bonds. The molecule has 3 nitrogen and oxygen atoms in total. The van der Waals surface area contributed by atoms with Gasteiger partial charge in [-0.3, -0.25) is 4.90 Å². The van der Waals surface area contributed by atoms with Crippen molar-refractivity contribution in [2.24, 2.45) is 0 Å². The minimum Gasteiger partial charge on any atom is -0.361 e. The van der Waals surface area contributed by atoms with Crippen molar-refractivity contribution in [2.75, 3.05) is 25.0 Å². The van der Waals surface area contributed by atoms with Gasteiger partial charge in [0.15, 0.2) is 5.11 Å². The van der Waals surface area contributed by atoms with Crippen molar-refractivity contribution in [3.63, 3.8) is 0 Å². The van der Waals surface area contributed by atoms with Crippen molar-refractivity contribution < 1.29 is 0 Å². The largest absolute Gasteiger partial charge is 0.361 e. The van der Waals surface area contributed by atoms with Crippen molar-refractivity contribution in [3.8, 4) is 0 Å². The second-order valence-corrected chi connectivity index (χ2v) is 6.26. The van der Waals surface area contributed by atoms with Crippen LogP contribution in [0.25, 0.3) is 0 Å². The van der Waals surface area contributed by atoms with E-state index in [0.717, 1.165) is 25.3 Å². The van der Waals surface area contributed by atoms with Crippen LogP contribution in [0, 0.1) is 6.92 Å². The van der Waals surface area contributed by atoms with Gasteiger partial charge in [-0.2, -0.15) is 0 Å². The zero-order valence-electron chi connectivity index (χ0n) is 14.8. The highest BCUT2D eigenvalue weighted by atomic mass is 32.1. The first-order valence-electron chi connectivity index (χ1n) is 8.54. The number of rotatable bonds is 7. The number of likely N-dealkylation sites (N-methyl/N-ethyl adjacent to an activating group) is 1. The Labute approximate surface area is 151 Å². The molecule has 2 aromatic carbocycles. The lowest BCUT2D eigenvalue weighted by Crippen LogP contribution is -2.39. The second kappa shape index (κ2) is 9.40. The molecule has 0 bridgehead atoms. The van der Waals surface area contributed by atoms with Crippen molar-refractivity contribution in [2.45, 2.75) is 26.8 Å². The number of hydrogen-bond donors (Lipinski definition) is 2. The summed E-state index contributed by atoms with van der Waals surface area (Å²) in [5, 5.41) is 7.28. The molecule has 0 saturated heterocycles. The fourth-order valence-electron chi connectivity index (χ4n) is 2.80. The summed E-state index contributed by atoms with van der Waals surface area (Å²) in [7, 11) is 0. The van der Waals surface area contributed by atoms with E-state index in [4.69, 9.17) is 12.2 Å². The molecule has 0 saturated carbocycles. The molecule has 0 aliphatic carbocycles. The fourth-order valence-corrected chi connectivity index (χ4v) is 3.00. The molecule has 0 aliphatic heterocycles. The van der Waals surface area contributed by atoms with Gasteiger partial charge in [-0.1, -0.05) is 61.9 Å². The van der Waals surface area contributed by atoms with Crippen LogP contribution in [0.2, 0.25) is 0 Å². The predicted octanol–water partition coefficient (Wildman–Crippen LogP) is 4.36. The maximum Gasteiger partial charge on any atom is 0.170 e. The molecular weight excluding hydrogens is 314 g/mol. The van der Waals surface area contributed by atoms with Gasteiger partial charge in [0.25, 0.3) is 0 Å². The topological polar surface area (TPSA) is 27.3 Å². The smallest absolute Gasteiger partial charge is 0.170 e. The summed E-state index contributed by atoms with van der Waals surface area (Å²) < 4.78 is 0. The van der Waals surface area contributed by atoms with E-state index in [1.54, 1.807) is 0 Å².